The first-order valence-corrected chi connectivity index (χ1v) is 22.0. The van der Waals surface area contributed by atoms with Gasteiger partial charge in [0.25, 0.3) is 0 Å². The molecule has 0 bridgehead atoms. The fourth-order valence-electron chi connectivity index (χ4n) is 7.14. The van der Waals surface area contributed by atoms with Crippen LogP contribution < -0.4 is 0 Å². The molecule has 0 saturated heterocycles. The Hall–Kier alpha value is -7.06. The molecule has 0 aliphatic carbocycles. The molecule has 7 heteroatoms. The predicted molar refractivity (Wildman–Crippen MR) is 264 cm³/mol. The Kier molecular flexibility index (Phi) is 12.9. The smallest absolute Gasteiger partial charge is 0.161 e. The summed E-state index contributed by atoms with van der Waals surface area (Å²) >= 11 is 3.44. The molecule has 9 rings (SSSR count). The number of allylic oxidation sites excluding steroid dienone is 1. The van der Waals surface area contributed by atoms with Gasteiger partial charge in [-0.3, -0.25) is 4.99 Å². The van der Waals surface area contributed by atoms with E-state index in [1.165, 1.54) is 10.3 Å². The van der Waals surface area contributed by atoms with Crippen LogP contribution in [0.1, 0.15) is 23.6 Å². The van der Waals surface area contributed by atoms with E-state index in [0.717, 1.165) is 70.7 Å². The van der Waals surface area contributed by atoms with Gasteiger partial charge in [-0.25, -0.2) is 20.0 Å². The van der Waals surface area contributed by atoms with Crippen LogP contribution in [0.4, 0.5) is 0 Å². The first-order chi connectivity index (χ1) is 30.1. The third-order valence-corrected chi connectivity index (χ3v) is 12.0. The zero-order chi connectivity index (χ0) is 42.0. The highest BCUT2D eigenvalue weighted by atomic mass is 32.2. The first kappa shape index (κ1) is 40.7. The molecule has 0 saturated carbocycles. The Bertz CT molecular complexity index is 3010. The van der Waals surface area contributed by atoms with Crippen LogP contribution >= 0.6 is 23.1 Å². The maximum absolute atomic E-state index is 5.24. The van der Waals surface area contributed by atoms with Gasteiger partial charge in [-0.1, -0.05) is 176 Å². The topological polar surface area (TPSA) is 62.9 Å². The second-order valence-electron chi connectivity index (χ2n) is 14.1. The molecule has 296 valence electrons. The minimum atomic E-state index is 0.441. The van der Waals surface area contributed by atoms with Crippen LogP contribution in [-0.4, -0.2) is 34.6 Å². The van der Waals surface area contributed by atoms with Crippen molar-refractivity contribution in [1.82, 2.24) is 9.97 Å². The molecule has 0 amide bonds. The van der Waals surface area contributed by atoms with Crippen molar-refractivity contribution in [3.63, 3.8) is 0 Å². The van der Waals surface area contributed by atoms with Gasteiger partial charge < -0.3 is 0 Å². The van der Waals surface area contributed by atoms with Crippen molar-refractivity contribution in [3.05, 3.63) is 211 Å². The molecule has 0 aliphatic rings. The average molecular weight is 826 g/mol. The van der Waals surface area contributed by atoms with E-state index < -0.39 is 0 Å². The normalized spacial score (nSPS) is 11.6. The highest BCUT2D eigenvalue weighted by molar-refractivity contribution is 7.98. The molecule has 7 aromatic carbocycles. The van der Waals surface area contributed by atoms with E-state index in [-0.39, 0.29) is 0 Å². The lowest BCUT2D eigenvalue weighted by atomic mass is 9.97. The van der Waals surface area contributed by atoms with Crippen LogP contribution in [0, 0.1) is 0 Å². The molecule has 0 N–H and O–H groups in total. The van der Waals surface area contributed by atoms with E-state index in [2.05, 4.69) is 158 Å². The fraction of sp³-hybridized carbons (Fsp3) is 0.0556. The van der Waals surface area contributed by atoms with Crippen molar-refractivity contribution in [1.29, 1.82) is 0 Å². The molecule has 9 aromatic rings. The maximum atomic E-state index is 5.24. The molecule has 0 radical (unpaired) electrons. The van der Waals surface area contributed by atoms with Crippen molar-refractivity contribution in [3.8, 4) is 44.9 Å². The van der Waals surface area contributed by atoms with E-state index in [4.69, 9.17) is 20.0 Å². The summed E-state index contributed by atoms with van der Waals surface area (Å²) in [5.74, 6) is 1.78. The molecule has 0 atom stereocenters. The predicted octanol–water partition coefficient (Wildman–Crippen LogP) is 14.5. The van der Waals surface area contributed by atoms with Gasteiger partial charge >= 0.3 is 0 Å². The zero-order valence-electron chi connectivity index (χ0n) is 34.1. The van der Waals surface area contributed by atoms with Gasteiger partial charge in [0, 0.05) is 37.2 Å². The number of thioether (sulfide) groups is 1. The first-order valence-electron chi connectivity index (χ1n) is 20.0. The number of benzene rings is 7. The molecule has 0 aliphatic heterocycles. The van der Waals surface area contributed by atoms with Crippen LogP contribution in [0.15, 0.2) is 215 Å². The third kappa shape index (κ3) is 9.09. The molecule has 0 fully saturated rings. The maximum Gasteiger partial charge on any atom is 0.161 e. The number of nitrogens with zero attached hydrogens (tertiary/aromatic N) is 5. The number of aliphatic imine (C=N–C) groups is 3. The molecule has 2 aromatic heterocycles. The number of aromatic nitrogens is 2. The number of hydrogen-bond donors (Lipinski definition) is 0. The summed E-state index contributed by atoms with van der Waals surface area (Å²) in [4.78, 5) is 26.2. The Morgan fingerprint density at radius 3 is 1.95 bits per heavy atom. The van der Waals surface area contributed by atoms with E-state index in [9.17, 15) is 0 Å². The highest BCUT2D eigenvalue weighted by Gasteiger charge is 2.19. The highest BCUT2D eigenvalue weighted by Crippen LogP contribution is 2.41. The SMILES string of the molecule is C=CC.C=NC(=NC(=NCc1ccc(-c2ccccc2)cc1)c1ccccc1-c1ccc(-c2nc(-c3ccccc3)c3sc4ccccc4c3n2)cc1SC)c1ccccc1. The van der Waals surface area contributed by atoms with Gasteiger partial charge in [0.15, 0.2) is 17.5 Å². The molecule has 0 unspecified atom stereocenters. The molecule has 0 spiro atoms. The monoisotopic (exact) mass is 825 g/mol. The summed E-state index contributed by atoms with van der Waals surface area (Å²) < 4.78 is 2.29. The van der Waals surface area contributed by atoms with Crippen molar-refractivity contribution in [2.24, 2.45) is 15.0 Å². The number of amidine groups is 2. The summed E-state index contributed by atoms with van der Waals surface area (Å²) in [6.07, 6.45) is 3.86. The van der Waals surface area contributed by atoms with Crippen LogP contribution in [0.5, 0.6) is 0 Å². The summed E-state index contributed by atoms with van der Waals surface area (Å²) in [6, 6.07) is 62.6. The van der Waals surface area contributed by atoms with Crippen molar-refractivity contribution in [2.45, 2.75) is 18.4 Å². The minimum absolute atomic E-state index is 0.441. The van der Waals surface area contributed by atoms with Crippen LogP contribution in [0.2, 0.25) is 0 Å². The Morgan fingerprint density at radius 1 is 0.639 bits per heavy atom. The average Bonchev–Trinajstić information content (AvgIpc) is 3.71. The van der Waals surface area contributed by atoms with Gasteiger partial charge in [-0.2, -0.15) is 0 Å². The fourth-order valence-corrected chi connectivity index (χ4v) is 8.93. The quantitative estimate of drug-likeness (QED) is 0.0630. The molecular formula is C54H43N5S2. The molecular weight excluding hydrogens is 783 g/mol. The van der Waals surface area contributed by atoms with Crippen molar-refractivity contribution in [2.75, 3.05) is 6.26 Å². The minimum Gasteiger partial charge on any atom is -0.261 e. The van der Waals surface area contributed by atoms with Gasteiger partial charge in [-0.05, 0) is 59.8 Å². The number of rotatable bonds is 9. The van der Waals surface area contributed by atoms with Gasteiger partial charge in [0.2, 0.25) is 0 Å². The lowest BCUT2D eigenvalue weighted by molar-refractivity contribution is 1.06. The largest absolute Gasteiger partial charge is 0.261 e. The van der Waals surface area contributed by atoms with Crippen molar-refractivity contribution >= 4 is 61.8 Å². The second-order valence-corrected chi connectivity index (χ2v) is 16.0. The van der Waals surface area contributed by atoms with Gasteiger partial charge in [0.05, 0.1) is 22.5 Å². The zero-order valence-corrected chi connectivity index (χ0v) is 35.7. The Balaban J connectivity index is 0.00000166. The number of fused-ring (bicyclic) bond motifs is 3. The van der Waals surface area contributed by atoms with E-state index >= 15 is 0 Å². The Morgan fingerprint density at radius 2 is 1.25 bits per heavy atom. The molecule has 5 nitrogen and oxygen atoms in total. The lowest BCUT2D eigenvalue weighted by Gasteiger charge is -2.15. The van der Waals surface area contributed by atoms with Crippen LogP contribution in [0.3, 0.4) is 0 Å². The van der Waals surface area contributed by atoms with Crippen molar-refractivity contribution < 1.29 is 0 Å². The van der Waals surface area contributed by atoms with Gasteiger partial charge in [-0.15, -0.1) is 29.7 Å². The summed E-state index contributed by atoms with van der Waals surface area (Å²) in [6.45, 7) is 9.59. The standard InChI is InChI=1S/C51H37N5S2.C3H6/c1-52-49(38-20-10-5-11-21-38)56-51(53-33-34-26-28-36(29-27-34)35-16-6-3-7-17-35)42-23-13-12-22-40(42)41-31-30-39(32-45(41)57-2)50-54-46(37-18-8-4-9-19-37)48-47(55-50)43-24-14-15-25-44(43)58-48;1-3-2/h3-32H,1,33H2,2H3;3H,1H2,2H3. The van der Waals surface area contributed by atoms with Crippen LogP contribution in [0.25, 0.3) is 65.2 Å². The molecule has 61 heavy (non-hydrogen) atoms. The molecule has 2 heterocycles. The second kappa shape index (κ2) is 19.3. The number of thiophene rings is 1. The third-order valence-electron chi connectivity index (χ3n) is 10.1. The van der Waals surface area contributed by atoms with Gasteiger partial charge in [0.1, 0.15) is 0 Å². The Labute approximate surface area is 365 Å². The van der Waals surface area contributed by atoms with E-state index in [0.29, 0.717) is 24.0 Å². The van der Waals surface area contributed by atoms with E-state index in [1.807, 2.05) is 55.5 Å². The van der Waals surface area contributed by atoms with E-state index in [1.54, 1.807) is 29.2 Å². The number of hydrogen-bond acceptors (Lipinski definition) is 5. The van der Waals surface area contributed by atoms with Crippen LogP contribution in [-0.2, 0) is 6.54 Å². The summed E-state index contributed by atoms with van der Waals surface area (Å²) in [5, 5.41) is 1.14. The summed E-state index contributed by atoms with van der Waals surface area (Å²) in [7, 11) is 0. The summed E-state index contributed by atoms with van der Waals surface area (Å²) in [5.41, 5.74) is 11.2. The lowest BCUT2D eigenvalue weighted by Crippen LogP contribution is -2.07.